The summed E-state index contributed by atoms with van der Waals surface area (Å²) in [6, 6.07) is 49.6. The quantitative estimate of drug-likeness (QED) is 0.237. The molecule has 7 rings (SSSR count). The second-order valence-corrected chi connectivity index (χ2v) is 9.65. The average molecular weight is 511 g/mol. The maximum Gasteiger partial charge on any atom is 0.101 e. The number of para-hydroxylation sites is 3. The zero-order valence-electron chi connectivity index (χ0n) is 21.5. The summed E-state index contributed by atoms with van der Waals surface area (Å²) >= 11 is 0. The van der Waals surface area contributed by atoms with Crippen LogP contribution >= 0.6 is 0 Å². The molecule has 0 aliphatic carbocycles. The second-order valence-electron chi connectivity index (χ2n) is 9.65. The lowest BCUT2D eigenvalue weighted by atomic mass is 10.0. The molecule has 0 radical (unpaired) electrons. The first-order chi connectivity index (χ1) is 19.8. The maximum absolute atomic E-state index is 10.0. The topological polar surface area (TPSA) is 55.8 Å². The van der Waals surface area contributed by atoms with Gasteiger partial charge < -0.3 is 9.47 Å². The van der Waals surface area contributed by atoms with Gasteiger partial charge in [0.05, 0.1) is 27.8 Å². The van der Waals surface area contributed by atoms with Gasteiger partial charge >= 0.3 is 0 Å². The van der Waals surface area contributed by atoms with Crippen LogP contribution in [0.1, 0.15) is 11.1 Å². The van der Waals surface area contributed by atoms with Gasteiger partial charge in [-0.2, -0.15) is 10.5 Å². The van der Waals surface area contributed by atoms with Gasteiger partial charge in [-0.1, -0.05) is 72.8 Å². The van der Waals surface area contributed by atoms with Gasteiger partial charge in [-0.05, 0) is 71.4 Å². The highest BCUT2D eigenvalue weighted by molar-refractivity contribution is 6.22. The predicted molar refractivity (Wildman–Crippen MR) is 162 cm³/mol. The molecular weight excluding hydrogens is 488 g/mol. The molecule has 0 saturated heterocycles. The first kappa shape index (κ1) is 23.3. The molecule has 0 fully saturated rings. The molecule has 6 aromatic carbocycles. The monoisotopic (exact) mass is 510 g/mol. The van der Waals surface area contributed by atoms with Crippen LogP contribution in [0.3, 0.4) is 0 Å². The van der Waals surface area contributed by atoms with Crippen molar-refractivity contribution in [1.82, 2.24) is 4.57 Å². The Morgan fingerprint density at radius 1 is 0.500 bits per heavy atom. The lowest BCUT2D eigenvalue weighted by molar-refractivity contribution is 1.15. The molecular formula is C36H22N4. The molecule has 7 aromatic rings. The van der Waals surface area contributed by atoms with E-state index in [0.717, 1.165) is 49.6 Å². The SMILES string of the molecule is N#Cc1cccc(C#N)c1-n1c2ccc(N(c3ccccc3)c3ccccc3)cc2c2c3ccccc3ccc21. The van der Waals surface area contributed by atoms with Gasteiger partial charge in [0.1, 0.15) is 12.1 Å². The summed E-state index contributed by atoms with van der Waals surface area (Å²) in [5.74, 6) is 0. The molecule has 0 saturated carbocycles. The Morgan fingerprint density at radius 3 is 1.75 bits per heavy atom. The van der Waals surface area contributed by atoms with Crippen molar-refractivity contribution in [1.29, 1.82) is 10.5 Å². The Labute approximate surface area is 231 Å². The summed E-state index contributed by atoms with van der Waals surface area (Å²) in [6.45, 7) is 0. The number of nitrogens with zero attached hydrogens (tertiary/aromatic N) is 4. The van der Waals surface area contributed by atoms with Gasteiger partial charge in [0, 0.05) is 27.8 Å². The van der Waals surface area contributed by atoms with Crippen LogP contribution in [0.2, 0.25) is 0 Å². The van der Waals surface area contributed by atoms with Crippen LogP contribution in [0.25, 0.3) is 38.3 Å². The summed E-state index contributed by atoms with van der Waals surface area (Å²) < 4.78 is 2.08. The van der Waals surface area contributed by atoms with E-state index in [4.69, 9.17) is 0 Å². The Kier molecular flexibility index (Phi) is 5.52. The Morgan fingerprint density at radius 2 is 1.10 bits per heavy atom. The van der Waals surface area contributed by atoms with Gasteiger partial charge in [-0.15, -0.1) is 0 Å². The number of aromatic nitrogens is 1. The van der Waals surface area contributed by atoms with E-state index in [1.165, 1.54) is 0 Å². The molecule has 1 heterocycles. The van der Waals surface area contributed by atoms with Crippen molar-refractivity contribution in [2.24, 2.45) is 0 Å². The highest BCUT2D eigenvalue weighted by Crippen LogP contribution is 2.42. The van der Waals surface area contributed by atoms with Gasteiger partial charge in [0.25, 0.3) is 0 Å². The third-order valence-corrected chi connectivity index (χ3v) is 7.43. The fraction of sp³-hybridized carbons (Fsp3) is 0. The maximum atomic E-state index is 10.0. The van der Waals surface area contributed by atoms with E-state index >= 15 is 0 Å². The molecule has 0 N–H and O–H groups in total. The van der Waals surface area contributed by atoms with Crippen LogP contribution in [-0.4, -0.2) is 4.57 Å². The Bertz CT molecular complexity index is 2060. The number of rotatable bonds is 4. The zero-order chi connectivity index (χ0) is 27.1. The Hall–Kier alpha value is -5.84. The van der Waals surface area contributed by atoms with E-state index in [-0.39, 0.29) is 0 Å². The Balaban J connectivity index is 1.61. The van der Waals surface area contributed by atoms with Crippen LogP contribution in [0.4, 0.5) is 17.1 Å². The summed E-state index contributed by atoms with van der Waals surface area (Å²) in [6.07, 6.45) is 0. The molecule has 40 heavy (non-hydrogen) atoms. The van der Waals surface area contributed by atoms with Gasteiger partial charge in [0.15, 0.2) is 0 Å². The molecule has 4 nitrogen and oxygen atoms in total. The van der Waals surface area contributed by atoms with Crippen molar-refractivity contribution in [3.05, 3.63) is 145 Å². The third kappa shape index (κ3) is 3.60. The highest BCUT2D eigenvalue weighted by atomic mass is 15.1. The molecule has 186 valence electrons. The first-order valence-corrected chi connectivity index (χ1v) is 13.1. The van der Waals surface area contributed by atoms with Gasteiger partial charge in [-0.25, -0.2) is 0 Å². The van der Waals surface area contributed by atoms with Crippen molar-refractivity contribution in [3.63, 3.8) is 0 Å². The van der Waals surface area contributed by atoms with Crippen LogP contribution in [0.15, 0.2) is 133 Å². The van der Waals surface area contributed by atoms with Crippen molar-refractivity contribution < 1.29 is 0 Å². The average Bonchev–Trinajstić information content (AvgIpc) is 3.35. The minimum absolute atomic E-state index is 0.463. The smallest absolute Gasteiger partial charge is 0.101 e. The van der Waals surface area contributed by atoms with Crippen molar-refractivity contribution in [3.8, 4) is 17.8 Å². The summed E-state index contributed by atoms with van der Waals surface area (Å²) in [7, 11) is 0. The summed E-state index contributed by atoms with van der Waals surface area (Å²) in [5.41, 5.74) is 6.57. The number of hydrogen-bond donors (Lipinski definition) is 0. The lowest BCUT2D eigenvalue weighted by Gasteiger charge is -2.25. The molecule has 4 heteroatoms. The van der Waals surface area contributed by atoms with Crippen LogP contribution < -0.4 is 4.90 Å². The van der Waals surface area contributed by atoms with Gasteiger partial charge in [0.2, 0.25) is 0 Å². The largest absolute Gasteiger partial charge is 0.310 e. The normalized spacial score (nSPS) is 10.9. The number of benzene rings is 6. The molecule has 1 aromatic heterocycles. The van der Waals surface area contributed by atoms with Crippen LogP contribution in [-0.2, 0) is 0 Å². The van der Waals surface area contributed by atoms with E-state index in [9.17, 15) is 10.5 Å². The molecule has 0 aliphatic rings. The fourth-order valence-corrected chi connectivity index (χ4v) is 5.72. The molecule has 0 unspecified atom stereocenters. The molecule has 0 atom stereocenters. The minimum atomic E-state index is 0.463. The highest BCUT2D eigenvalue weighted by Gasteiger charge is 2.21. The second kappa shape index (κ2) is 9.48. The number of anilines is 3. The summed E-state index contributed by atoms with van der Waals surface area (Å²) in [5, 5.41) is 24.5. The van der Waals surface area contributed by atoms with Crippen molar-refractivity contribution in [2.45, 2.75) is 0 Å². The zero-order valence-corrected chi connectivity index (χ0v) is 21.5. The third-order valence-electron chi connectivity index (χ3n) is 7.43. The van der Waals surface area contributed by atoms with E-state index in [0.29, 0.717) is 16.8 Å². The molecule has 0 spiro atoms. The standard InChI is InChI=1S/C36H22N4/c37-23-26-11-9-12-27(24-38)36(26)40-33-21-19-30(39(28-13-3-1-4-14-28)29-15-5-2-6-16-29)22-32(33)35-31-17-8-7-10-25(31)18-20-34(35)40/h1-22H. The van der Waals surface area contributed by atoms with Gasteiger partial charge in [-0.3, -0.25) is 0 Å². The van der Waals surface area contributed by atoms with Crippen molar-refractivity contribution >= 4 is 49.6 Å². The van der Waals surface area contributed by atoms with E-state index in [2.05, 4.69) is 94.4 Å². The van der Waals surface area contributed by atoms with E-state index in [1.54, 1.807) is 18.2 Å². The lowest BCUT2D eigenvalue weighted by Crippen LogP contribution is -2.09. The van der Waals surface area contributed by atoms with E-state index < -0.39 is 0 Å². The molecule has 0 bridgehead atoms. The molecule has 0 amide bonds. The predicted octanol–water partition coefficient (Wildman–Crippen LogP) is 9.15. The van der Waals surface area contributed by atoms with Crippen LogP contribution in [0.5, 0.6) is 0 Å². The number of nitriles is 2. The fourth-order valence-electron chi connectivity index (χ4n) is 5.72. The first-order valence-electron chi connectivity index (χ1n) is 13.1. The van der Waals surface area contributed by atoms with Crippen LogP contribution in [0, 0.1) is 22.7 Å². The minimum Gasteiger partial charge on any atom is -0.310 e. The summed E-state index contributed by atoms with van der Waals surface area (Å²) in [4.78, 5) is 2.25. The number of hydrogen-bond acceptors (Lipinski definition) is 3. The van der Waals surface area contributed by atoms with E-state index in [1.807, 2.05) is 42.5 Å². The van der Waals surface area contributed by atoms with Crippen molar-refractivity contribution in [2.75, 3.05) is 4.90 Å². The number of fused-ring (bicyclic) bond motifs is 5. The molecule has 0 aliphatic heterocycles.